The number of nitrogens with two attached hydrogens (primary N) is 1. The number of nitrogens with zero attached hydrogens (tertiary/aromatic N) is 1. The number of H-pyrrole nitrogens is 1. The summed E-state index contributed by atoms with van der Waals surface area (Å²) in [6, 6.07) is 5.81. The van der Waals surface area contributed by atoms with Crippen LogP contribution in [0.2, 0.25) is 0 Å². The largest absolute Gasteiger partial charge is 0.369 e. The molecule has 1 aromatic carbocycles. The van der Waals surface area contributed by atoms with E-state index in [0.29, 0.717) is 0 Å². The van der Waals surface area contributed by atoms with E-state index < -0.39 is 0 Å². The number of nitrogens with one attached hydrogen (secondary N) is 1. The Balaban J connectivity index is 2.23. The number of aromatic nitrogens is 2. The van der Waals surface area contributed by atoms with E-state index in [9.17, 15) is 4.79 Å². The Morgan fingerprint density at radius 3 is 2.94 bits per heavy atom. The summed E-state index contributed by atoms with van der Waals surface area (Å²) in [5, 5.41) is 0. The fourth-order valence-electron chi connectivity index (χ4n) is 2.13. The van der Waals surface area contributed by atoms with Crippen molar-refractivity contribution in [3.05, 3.63) is 29.6 Å². The van der Waals surface area contributed by atoms with Crippen molar-refractivity contribution in [1.82, 2.24) is 9.97 Å². The van der Waals surface area contributed by atoms with Crippen LogP contribution in [0.4, 0.5) is 0 Å². The molecule has 1 aromatic heterocycles. The van der Waals surface area contributed by atoms with Crippen molar-refractivity contribution in [2.45, 2.75) is 39.0 Å². The second-order valence-corrected chi connectivity index (χ2v) is 4.60. The van der Waals surface area contributed by atoms with Gasteiger partial charge in [0.2, 0.25) is 5.91 Å². The summed E-state index contributed by atoms with van der Waals surface area (Å²) in [4.78, 5) is 18.9. The molecule has 1 heterocycles. The van der Waals surface area contributed by atoms with E-state index in [-0.39, 0.29) is 12.3 Å². The number of imidazole rings is 1. The van der Waals surface area contributed by atoms with Gasteiger partial charge in [-0.2, -0.15) is 0 Å². The molecule has 0 spiro atoms. The number of amides is 1. The number of para-hydroxylation sites is 1. The van der Waals surface area contributed by atoms with E-state index in [4.69, 9.17) is 5.73 Å². The van der Waals surface area contributed by atoms with Crippen molar-refractivity contribution >= 4 is 16.9 Å². The van der Waals surface area contributed by atoms with Gasteiger partial charge >= 0.3 is 0 Å². The van der Waals surface area contributed by atoms with Crippen LogP contribution in [0.25, 0.3) is 11.0 Å². The van der Waals surface area contributed by atoms with Gasteiger partial charge in [-0.15, -0.1) is 0 Å². The third kappa shape index (κ3) is 2.88. The number of rotatable bonds is 6. The molecular formula is C14H19N3O. The lowest BCUT2D eigenvalue weighted by molar-refractivity contribution is -0.117. The number of carbonyl (C=O) groups is 1. The molecule has 0 unspecified atom stereocenters. The van der Waals surface area contributed by atoms with Gasteiger partial charge in [0.05, 0.1) is 17.5 Å². The van der Waals surface area contributed by atoms with Gasteiger partial charge in [-0.25, -0.2) is 4.98 Å². The molecule has 0 aliphatic rings. The summed E-state index contributed by atoms with van der Waals surface area (Å²) in [6.07, 6.45) is 4.76. The zero-order chi connectivity index (χ0) is 13.0. The minimum Gasteiger partial charge on any atom is -0.369 e. The molecule has 0 fully saturated rings. The van der Waals surface area contributed by atoms with E-state index in [2.05, 4.69) is 16.9 Å². The zero-order valence-corrected chi connectivity index (χ0v) is 10.7. The molecule has 18 heavy (non-hydrogen) atoms. The highest BCUT2D eigenvalue weighted by Gasteiger charge is 2.08. The van der Waals surface area contributed by atoms with Crippen LogP contribution in [0.1, 0.15) is 37.6 Å². The molecule has 2 rings (SSSR count). The van der Waals surface area contributed by atoms with E-state index in [1.807, 2.05) is 18.2 Å². The van der Waals surface area contributed by atoms with Gasteiger partial charge in [-0.1, -0.05) is 31.9 Å². The molecule has 96 valence electrons. The maximum absolute atomic E-state index is 11.0. The summed E-state index contributed by atoms with van der Waals surface area (Å²) in [6.45, 7) is 2.18. The van der Waals surface area contributed by atoms with Crippen LogP contribution in [0, 0.1) is 0 Å². The summed E-state index contributed by atoms with van der Waals surface area (Å²) in [5.41, 5.74) is 8.01. The lowest BCUT2D eigenvalue weighted by Gasteiger charge is -1.97. The molecule has 4 heteroatoms. The highest BCUT2D eigenvalue weighted by molar-refractivity contribution is 5.85. The number of aromatic amines is 1. The minimum absolute atomic E-state index is 0.247. The van der Waals surface area contributed by atoms with Crippen LogP contribution in [0.5, 0.6) is 0 Å². The molecule has 0 atom stereocenters. The quantitative estimate of drug-likeness (QED) is 0.767. The predicted molar refractivity (Wildman–Crippen MR) is 72.2 cm³/mol. The van der Waals surface area contributed by atoms with Crippen molar-refractivity contribution in [3.8, 4) is 0 Å². The molecule has 0 saturated carbocycles. The van der Waals surface area contributed by atoms with Gasteiger partial charge in [0.15, 0.2) is 0 Å². The summed E-state index contributed by atoms with van der Waals surface area (Å²) < 4.78 is 0. The second-order valence-electron chi connectivity index (χ2n) is 4.60. The fourth-order valence-corrected chi connectivity index (χ4v) is 2.13. The monoisotopic (exact) mass is 245 g/mol. The van der Waals surface area contributed by atoms with Crippen molar-refractivity contribution in [2.75, 3.05) is 0 Å². The Morgan fingerprint density at radius 1 is 1.39 bits per heavy atom. The maximum Gasteiger partial charge on any atom is 0.221 e. The number of primary amides is 1. The van der Waals surface area contributed by atoms with Crippen LogP contribution >= 0.6 is 0 Å². The van der Waals surface area contributed by atoms with Gasteiger partial charge in [0.25, 0.3) is 0 Å². The van der Waals surface area contributed by atoms with Gasteiger partial charge in [-0.05, 0) is 18.1 Å². The van der Waals surface area contributed by atoms with Crippen LogP contribution in [-0.4, -0.2) is 15.9 Å². The van der Waals surface area contributed by atoms with Gasteiger partial charge in [0, 0.05) is 6.42 Å². The zero-order valence-electron chi connectivity index (χ0n) is 10.7. The molecule has 3 N–H and O–H groups in total. The Bertz CT molecular complexity index is 545. The summed E-state index contributed by atoms with van der Waals surface area (Å²) in [7, 11) is 0. The smallest absolute Gasteiger partial charge is 0.221 e. The molecule has 0 aliphatic carbocycles. The molecule has 2 aromatic rings. The minimum atomic E-state index is -0.321. The number of fused-ring (bicyclic) bond motifs is 1. The van der Waals surface area contributed by atoms with Crippen LogP contribution < -0.4 is 5.73 Å². The topological polar surface area (TPSA) is 71.8 Å². The number of hydrogen-bond acceptors (Lipinski definition) is 2. The highest BCUT2D eigenvalue weighted by atomic mass is 16.1. The number of benzene rings is 1. The summed E-state index contributed by atoms with van der Waals surface area (Å²) in [5.74, 6) is 0.674. The normalized spacial score (nSPS) is 10.9. The van der Waals surface area contributed by atoms with Gasteiger partial charge < -0.3 is 10.7 Å². The van der Waals surface area contributed by atoms with Crippen molar-refractivity contribution in [1.29, 1.82) is 0 Å². The van der Waals surface area contributed by atoms with Gasteiger partial charge in [-0.3, -0.25) is 4.79 Å². The maximum atomic E-state index is 11.0. The van der Waals surface area contributed by atoms with Crippen LogP contribution in [-0.2, 0) is 17.6 Å². The Kier molecular flexibility index (Phi) is 3.97. The third-order valence-electron chi connectivity index (χ3n) is 3.03. The molecule has 0 saturated heterocycles. The molecule has 0 bridgehead atoms. The Labute approximate surface area is 107 Å². The molecule has 4 nitrogen and oxygen atoms in total. The average Bonchev–Trinajstić information content (AvgIpc) is 2.73. The van der Waals surface area contributed by atoms with Crippen molar-refractivity contribution in [2.24, 2.45) is 5.73 Å². The fraction of sp³-hybridized carbons (Fsp3) is 0.429. The molecule has 0 radical (unpaired) electrons. The standard InChI is InChI=1S/C14H19N3O/c1-2-3-4-8-13-16-11-7-5-6-10(9-12(15)18)14(11)17-13/h5-7H,2-4,8-9H2,1H3,(H2,15,18)(H,16,17). The Hall–Kier alpha value is -1.84. The first-order chi connectivity index (χ1) is 8.70. The lowest BCUT2D eigenvalue weighted by atomic mass is 10.1. The number of hydrogen-bond donors (Lipinski definition) is 2. The first-order valence-electron chi connectivity index (χ1n) is 6.45. The SMILES string of the molecule is CCCCCc1nc2c(CC(N)=O)cccc2[nH]1. The van der Waals surface area contributed by atoms with Crippen LogP contribution in [0.3, 0.4) is 0 Å². The number of carbonyl (C=O) groups excluding carboxylic acids is 1. The van der Waals surface area contributed by atoms with Crippen LogP contribution in [0.15, 0.2) is 18.2 Å². The highest BCUT2D eigenvalue weighted by Crippen LogP contribution is 2.18. The first kappa shape index (κ1) is 12.6. The predicted octanol–water partition coefficient (Wildman–Crippen LogP) is 2.32. The Morgan fingerprint density at radius 2 is 2.22 bits per heavy atom. The molecular weight excluding hydrogens is 226 g/mol. The number of aryl methyl sites for hydroxylation is 1. The summed E-state index contributed by atoms with van der Waals surface area (Å²) >= 11 is 0. The molecule has 1 amide bonds. The van der Waals surface area contributed by atoms with E-state index in [1.54, 1.807) is 0 Å². The average molecular weight is 245 g/mol. The first-order valence-corrected chi connectivity index (χ1v) is 6.45. The van der Waals surface area contributed by atoms with Crippen molar-refractivity contribution < 1.29 is 4.79 Å². The van der Waals surface area contributed by atoms with E-state index in [1.165, 1.54) is 12.8 Å². The van der Waals surface area contributed by atoms with Crippen molar-refractivity contribution in [3.63, 3.8) is 0 Å². The van der Waals surface area contributed by atoms with E-state index >= 15 is 0 Å². The third-order valence-corrected chi connectivity index (χ3v) is 3.03. The van der Waals surface area contributed by atoms with E-state index in [0.717, 1.165) is 35.3 Å². The number of unbranched alkanes of at least 4 members (excludes halogenated alkanes) is 2. The van der Waals surface area contributed by atoms with Gasteiger partial charge in [0.1, 0.15) is 5.82 Å². The second kappa shape index (κ2) is 5.67. The molecule has 0 aliphatic heterocycles. The lowest BCUT2D eigenvalue weighted by Crippen LogP contribution is -2.13.